The molecule has 0 spiro atoms. The van der Waals surface area contributed by atoms with Gasteiger partial charge in [-0.05, 0) is 25.0 Å². The van der Waals surface area contributed by atoms with E-state index in [2.05, 4.69) is 10.3 Å². The third-order valence-electron chi connectivity index (χ3n) is 3.78. The van der Waals surface area contributed by atoms with Crippen LogP contribution >= 0.6 is 0 Å². The molecule has 2 aromatic rings. The van der Waals surface area contributed by atoms with Crippen LogP contribution in [0.2, 0.25) is 0 Å². The number of benzene rings is 1. The van der Waals surface area contributed by atoms with Gasteiger partial charge in [-0.15, -0.1) is 0 Å². The van der Waals surface area contributed by atoms with E-state index in [4.69, 9.17) is 5.73 Å². The second kappa shape index (κ2) is 5.61. The van der Waals surface area contributed by atoms with Gasteiger partial charge in [-0.25, -0.2) is 8.78 Å². The molecule has 0 radical (unpaired) electrons. The third-order valence-corrected chi connectivity index (χ3v) is 3.78. The summed E-state index contributed by atoms with van der Waals surface area (Å²) in [5.74, 6) is -3.24. The molecular weight excluding hydrogens is 288 g/mol. The van der Waals surface area contributed by atoms with Crippen LogP contribution in [0, 0.1) is 0 Å². The minimum Gasteiger partial charge on any atom is -0.346 e. The topological polar surface area (TPSA) is 68.0 Å². The molecule has 1 aliphatic carbocycles. The number of aromatic nitrogens is 1. The van der Waals surface area contributed by atoms with Gasteiger partial charge in [0.1, 0.15) is 0 Å². The molecule has 116 valence electrons. The molecule has 1 aromatic carbocycles. The molecule has 3 N–H and O–H groups in total. The lowest BCUT2D eigenvalue weighted by molar-refractivity contribution is 0.0119. The number of carbonyl (C=O) groups is 1. The largest absolute Gasteiger partial charge is 0.346 e. The van der Waals surface area contributed by atoms with Crippen molar-refractivity contribution in [3.8, 4) is 0 Å². The first-order chi connectivity index (χ1) is 10.5. The fraction of sp³-hybridized carbons (Fsp3) is 0.375. The Morgan fingerprint density at radius 1 is 1.36 bits per heavy atom. The number of alkyl halides is 2. The van der Waals surface area contributed by atoms with Gasteiger partial charge in [-0.3, -0.25) is 9.78 Å². The van der Waals surface area contributed by atoms with Gasteiger partial charge in [0, 0.05) is 17.0 Å². The molecule has 1 amide bonds. The first-order valence-electron chi connectivity index (χ1n) is 7.26. The van der Waals surface area contributed by atoms with Gasteiger partial charge in [0.05, 0.1) is 24.2 Å². The molecule has 0 bridgehead atoms. The molecule has 6 heteroatoms. The predicted octanol–water partition coefficient (Wildman–Crippen LogP) is 2.44. The first-order valence-corrected chi connectivity index (χ1v) is 7.26. The van der Waals surface area contributed by atoms with Gasteiger partial charge in [0.15, 0.2) is 0 Å². The average molecular weight is 305 g/mol. The summed E-state index contributed by atoms with van der Waals surface area (Å²) < 4.78 is 26.4. The van der Waals surface area contributed by atoms with E-state index in [-0.39, 0.29) is 0 Å². The van der Waals surface area contributed by atoms with Gasteiger partial charge in [-0.2, -0.15) is 0 Å². The number of hydrogen-bond donors (Lipinski definition) is 2. The Bertz CT molecular complexity index is 714. The number of nitrogens with zero attached hydrogens (tertiary/aromatic N) is 1. The van der Waals surface area contributed by atoms with Crippen molar-refractivity contribution in [2.24, 2.45) is 5.73 Å². The number of fused-ring (bicyclic) bond motifs is 1. The van der Waals surface area contributed by atoms with Crippen molar-refractivity contribution < 1.29 is 13.6 Å². The zero-order chi connectivity index (χ0) is 15.7. The zero-order valence-electron chi connectivity index (χ0n) is 12.0. The van der Waals surface area contributed by atoms with Crippen molar-refractivity contribution in [1.82, 2.24) is 10.3 Å². The number of nitrogens with two attached hydrogens (primary N) is 1. The number of pyridine rings is 1. The van der Waals surface area contributed by atoms with E-state index >= 15 is 0 Å². The van der Waals surface area contributed by atoms with Crippen molar-refractivity contribution in [3.63, 3.8) is 0 Å². The highest BCUT2D eigenvalue weighted by atomic mass is 19.3. The van der Waals surface area contributed by atoms with Crippen LogP contribution in [0.3, 0.4) is 0 Å². The van der Waals surface area contributed by atoms with E-state index in [0.717, 1.165) is 18.5 Å². The molecule has 1 aromatic heterocycles. The highest BCUT2D eigenvalue weighted by Gasteiger charge is 2.29. The molecule has 4 nitrogen and oxygen atoms in total. The van der Waals surface area contributed by atoms with Gasteiger partial charge < -0.3 is 11.1 Å². The van der Waals surface area contributed by atoms with Gasteiger partial charge >= 0.3 is 0 Å². The molecule has 0 atom stereocenters. The second-order valence-electron chi connectivity index (χ2n) is 5.63. The van der Waals surface area contributed by atoms with Gasteiger partial charge in [0.2, 0.25) is 0 Å². The lowest BCUT2D eigenvalue weighted by Crippen LogP contribution is -2.41. The molecule has 0 saturated heterocycles. The highest BCUT2D eigenvalue weighted by Crippen LogP contribution is 2.40. The number of rotatable bonds is 5. The maximum atomic E-state index is 13.2. The summed E-state index contributed by atoms with van der Waals surface area (Å²) in [6.45, 7) is -1.56. The van der Waals surface area contributed by atoms with Crippen LogP contribution in [0.4, 0.5) is 8.78 Å². The van der Waals surface area contributed by atoms with Crippen LogP contribution in [0.1, 0.15) is 34.8 Å². The number of nitrogens with one attached hydrogen (secondary N) is 1. The number of carbonyl (C=O) groups excluding carboxylic acids is 1. The Morgan fingerprint density at radius 2 is 2.09 bits per heavy atom. The van der Waals surface area contributed by atoms with Crippen LogP contribution in [0.5, 0.6) is 0 Å². The second-order valence-corrected chi connectivity index (χ2v) is 5.63. The van der Waals surface area contributed by atoms with Gasteiger partial charge in [0.25, 0.3) is 11.8 Å². The van der Waals surface area contributed by atoms with E-state index < -0.39 is 24.9 Å². The summed E-state index contributed by atoms with van der Waals surface area (Å²) in [7, 11) is 0. The van der Waals surface area contributed by atoms with E-state index in [9.17, 15) is 13.6 Å². The van der Waals surface area contributed by atoms with Crippen molar-refractivity contribution >= 4 is 16.8 Å². The maximum absolute atomic E-state index is 13.2. The molecule has 22 heavy (non-hydrogen) atoms. The molecule has 3 rings (SSSR count). The Balaban J connectivity index is 1.92. The van der Waals surface area contributed by atoms with Crippen LogP contribution < -0.4 is 11.1 Å². The highest BCUT2D eigenvalue weighted by molar-refractivity contribution is 6.06. The number of halogens is 2. The average Bonchev–Trinajstić information content (AvgIpc) is 3.36. The Kier molecular flexibility index (Phi) is 3.78. The van der Waals surface area contributed by atoms with Crippen LogP contribution in [-0.4, -0.2) is 29.9 Å². The molecule has 1 saturated carbocycles. The van der Waals surface area contributed by atoms with Crippen molar-refractivity contribution in [1.29, 1.82) is 0 Å². The Morgan fingerprint density at radius 3 is 2.77 bits per heavy atom. The van der Waals surface area contributed by atoms with E-state index in [1.54, 1.807) is 18.2 Å². The lowest BCUT2D eigenvalue weighted by Gasteiger charge is -2.15. The molecular formula is C16H17F2N3O. The van der Waals surface area contributed by atoms with Crippen LogP contribution in [-0.2, 0) is 0 Å². The standard InChI is InChI=1S/C16H17F2N3O/c17-16(18,8-19)9-20-15(22)12-7-14(10-5-6-10)21-13-4-2-1-3-11(12)13/h1-4,7,10H,5-6,8-9,19H2,(H,20,22). The quantitative estimate of drug-likeness (QED) is 0.891. The Labute approximate surface area is 126 Å². The van der Waals surface area contributed by atoms with E-state index in [1.807, 2.05) is 12.1 Å². The summed E-state index contributed by atoms with van der Waals surface area (Å²) in [4.78, 5) is 16.9. The lowest BCUT2D eigenvalue weighted by atomic mass is 10.1. The van der Waals surface area contributed by atoms with Crippen LogP contribution in [0.15, 0.2) is 30.3 Å². The minimum absolute atomic E-state index is 0.377. The number of amides is 1. The summed E-state index contributed by atoms with van der Waals surface area (Å²) in [6.07, 6.45) is 2.11. The fourth-order valence-electron chi connectivity index (χ4n) is 2.35. The van der Waals surface area contributed by atoms with E-state index in [1.165, 1.54) is 0 Å². The SMILES string of the molecule is NCC(F)(F)CNC(=O)c1cc(C2CC2)nc2ccccc12. The molecule has 1 aliphatic rings. The zero-order valence-corrected chi connectivity index (χ0v) is 12.0. The first kappa shape index (κ1) is 14.8. The van der Waals surface area contributed by atoms with Crippen molar-refractivity contribution in [2.45, 2.75) is 24.7 Å². The maximum Gasteiger partial charge on any atom is 0.277 e. The molecule has 0 aliphatic heterocycles. The predicted molar refractivity (Wildman–Crippen MR) is 80.1 cm³/mol. The molecule has 1 heterocycles. The minimum atomic E-state index is -3.10. The van der Waals surface area contributed by atoms with Crippen LogP contribution in [0.25, 0.3) is 10.9 Å². The van der Waals surface area contributed by atoms with Crippen molar-refractivity contribution in [2.75, 3.05) is 13.1 Å². The monoisotopic (exact) mass is 305 g/mol. The summed E-state index contributed by atoms with van der Waals surface area (Å²) in [6, 6.07) is 8.96. The number of para-hydroxylation sites is 1. The summed E-state index contributed by atoms with van der Waals surface area (Å²) in [5.41, 5.74) is 6.94. The summed E-state index contributed by atoms with van der Waals surface area (Å²) >= 11 is 0. The summed E-state index contributed by atoms with van der Waals surface area (Å²) in [5, 5.41) is 2.94. The fourth-order valence-corrected chi connectivity index (χ4v) is 2.35. The smallest absolute Gasteiger partial charge is 0.277 e. The van der Waals surface area contributed by atoms with Gasteiger partial charge in [-0.1, -0.05) is 18.2 Å². The molecule has 0 unspecified atom stereocenters. The molecule has 1 fully saturated rings. The number of hydrogen-bond acceptors (Lipinski definition) is 3. The van der Waals surface area contributed by atoms with Crippen molar-refractivity contribution in [3.05, 3.63) is 41.6 Å². The third kappa shape index (κ3) is 3.06. The normalized spacial score (nSPS) is 15.0. The Hall–Kier alpha value is -2.08. The van der Waals surface area contributed by atoms with E-state index in [0.29, 0.717) is 22.4 Å².